The average molecular weight is 449 g/mol. The monoisotopic (exact) mass is 448 g/mol. The van der Waals surface area contributed by atoms with Crippen LogP contribution in [0.3, 0.4) is 0 Å². The standard InChI is InChI=1S/C23H29FN2O4S/c1-31(28,29)22-10-8-21(9-11-22)30-18-17-26-15-13-25(14-16-26)12-2-3-23(27)19-4-6-20(24)7-5-19/h4-11H,2-3,12-18H2,1H3. The van der Waals surface area contributed by atoms with Gasteiger partial charge in [0.1, 0.15) is 18.2 Å². The van der Waals surface area contributed by atoms with E-state index in [0.717, 1.165) is 45.7 Å². The van der Waals surface area contributed by atoms with Crippen molar-refractivity contribution in [2.24, 2.45) is 0 Å². The van der Waals surface area contributed by atoms with E-state index < -0.39 is 9.84 Å². The summed E-state index contributed by atoms with van der Waals surface area (Å²) < 4.78 is 41.6. The van der Waals surface area contributed by atoms with Gasteiger partial charge in [-0.05, 0) is 61.5 Å². The zero-order valence-electron chi connectivity index (χ0n) is 17.8. The first-order chi connectivity index (χ1) is 14.8. The van der Waals surface area contributed by atoms with Crippen molar-refractivity contribution in [1.29, 1.82) is 0 Å². The summed E-state index contributed by atoms with van der Waals surface area (Å²) in [5.74, 6) is 0.391. The van der Waals surface area contributed by atoms with Gasteiger partial charge in [-0.3, -0.25) is 9.69 Å². The predicted molar refractivity (Wildman–Crippen MR) is 118 cm³/mol. The lowest BCUT2D eigenvalue weighted by molar-refractivity contribution is 0.0953. The fourth-order valence-electron chi connectivity index (χ4n) is 3.56. The van der Waals surface area contributed by atoms with Gasteiger partial charge in [-0.25, -0.2) is 12.8 Å². The summed E-state index contributed by atoms with van der Waals surface area (Å²) in [6.07, 6.45) is 2.45. The van der Waals surface area contributed by atoms with E-state index in [9.17, 15) is 17.6 Å². The Kier molecular flexibility index (Phi) is 8.17. The highest BCUT2D eigenvalue weighted by Crippen LogP contribution is 2.16. The Morgan fingerprint density at radius 1 is 0.935 bits per heavy atom. The molecule has 0 unspecified atom stereocenters. The molecular formula is C23H29FN2O4S. The van der Waals surface area contributed by atoms with Crippen LogP contribution in [0.5, 0.6) is 5.75 Å². The number of hydrogen-bond donors (Lipinski definition) is 0. The molecule has 0 saturated carbocycles. The molecule has 3 rings (SSSR count). The van der Waals surface area contributed by atoms with E-state index in [1.54, 1.807) is 36.4 Å². The summed E-state index contributed by atoms with van der Waals surface area (Å²) in [4.78, 5) is 17.1. The van der Waals surface area contributed by atoms with Gasteiger partial charge in [-0.15, -0.1) is 0 Å². The Morgan fingerprint density at radius 3 is 2.10 bits per heavy atom. The van der Waals surface area contributed by atoms with Crippen LogP contribution in [0.4, 0.5) is 4.39 Å². The molecule has 0 atom stereocenters. The van der Waals surface area contributed by atoms with Crippen molar-refractivity contribution in [3.8, 4) is 5.75 Å². The van der Waals surface area contributed by atoms with E-state index >= 15 is 0 Å². The summed E-state index contributed by atoms with van der Waals surface area (Å²) in [5, 5.41) is 0. The normalized spacial score (nSPS) is 15.7. The van der Waals surface area contributed by atoms with Crippen molar-refractivity contribution >= 4 is 15.6 Å². The third kappa shape index (κ3) is 7.41. The molecule has 1 aliphatic heterocycles. The number of piperazine rings is 1. The molecule has 0 N–H and O–H groups in total. The van der Waals surface area contributed by atoms with Gasteiger partial charge in [0.15, 0.2) is 15.6 Å². The van der Waals surface area contributed by atoms with Crippen LogP contribution in [0.2, 0.25) is 0 Å². The maximum Gasteiger partial charge on any atom is 0.175 e. The van der Waals surface area contributed by atoms with Crippen LogP contribution in [-0.2, 0) is 9.84 Å². The van der Waals surface area contributed by atoms with Gasteiger partial charge >= 0.3 is 0 Å². The van der Waals surface area contributed by atoms with E-state index in [0.29, 0.717) is 24.3 Å². The second kappa shape index (κ2) is 10.8. The quantitative estimate of drug-likeness (QED) is 0.521. The molecule has 1 fully saturated rings. The minimum Gasteiger partial charge on any atom is -0.492 e. The lowest BCUT2D eigenvalue weighted by Crippen LogP contribution is -2.47. The fourth-order valence-corrected chi connectivity index (χ4v) is 4.19. The molecule has 8 heteroatoms. The van der Waals surface area contributed by atoms with Crippen LogP contribution in [0, 0.1) is 5.82 Å². The van der Waals surface area contributed by atoms with E-state index in [1.807, 2.05) is 0 Å². The molecule has 0 radical (unpaired) electrons. The first-order valence-corrected chi connectivity index (χ1v) is 12.4. The molecule has 0 aromatic heterocycles. The Labute approximate surface area is 183 Å². The Balaban J connectivity index is 1.30. The molecule has 0 aliphatic carbocycles. The number of sulfone groups is 1. The molecule has 1 heterocycles. The number of nitrogens with zero attached hydrogens (tertiary/aromatic N) is 2. The van der Waals surface area contributed by atoms with Crippen LogP contribution < -0.4 is 4.74 Å². The van der Waals surface area contributed by atoms with Crippen molar-refractivity contribution in [3.05, 3.63) is 59.9 Å². The first-order valence-electron chi connectivity index (χ1n) is 10.5. The minimum atomic E-state index is -3.19. The summed E-state index contributed by atoms with van der Waals surface area (Å²) in [6, 6.07) is 12.2. The van der Waals surface area contributed by atoms with Crippen LogP contribution in [0.15, 0.2) is 53.4 Å². The topological polar surface area (TPSA) is 66.9 Å². The third-order valence-corrected chi connectivity index (χ3v) is 6.57. The number of ether oxygens (including phenoxy) is 1. The molecule has 6 nitrogen and oxygen atoms in total. The highest BCUT2D eigenvalue weighted by Gasteiger charge is 2.17. The lowest BCUT2D eigenvalue weighted by Gasteiger charge is -2.34. The Hall–Kier alpha value is -2.29. The molecule has 0 spiro atoms. The van der Waals surface area contributed by atoms with Crippen LogP contribution >= 0.6 is 0 Å². The van der Waals surface area contributed by atoms with Crippen LogP contribution in [0.25, 0.3) is 0 Å². The molecule has 2 aromatic carbocycles. The Bertz CT molecular complexity index is 954. The van der Waals surface area contributed by atoms with Gasteiger partial charge in [0, 0.05) is 51.0 Å². The van der Waals surface area contributed by atoms with Gasteiger partial charge in [0.05, 0.1) is 4.90 Å². The number of benzene rings is 2. The van der Waals surface area contributed by atoms with Crippen molar-refractivity contribution in [3.63, 3.8) is 0 Å². The molecule has 1 saturated heterocycles. The highest BCUT2D eigenvalue weighted by atomic mass is 32.2. The zero-order valence-corrected chi connectivity index (χ0v) is 18.6. The van der Waals surface area contributed by atoms with E-state index in [1.165, 1.54) is 18.4 Å². The molecule has 31 heavy (non-hydrogen) atoms. The second-order valence-electron chi connectivity index (χ2n) is 7.81. The maximum absolute atomic E-state index is 12.9. The third-order valence-electron chi connectivity index (χ3n) is 5.44. The predicted octanol–water partition coefficient (Wildman–Crippen LogP) is 2.89. The summed E-state index contributed by atoms with van der Waals surface area (Å²) in [7, 11) is -3.19. The van der Waals surface area contributed by atoms with E-state index in [4.69, 9.17) is 4.74 Å². The van der Waals surface area contributed by atoms with Gasteiger partial charge in [0.25, 0.3) is 0 Å². The molecule has 1 aliphatic rings. The smallest absolute Gasteiger partial charge is 0.175 e. The van der Waals surface area contributed by atoms with E-state index in [2.05, 4.69) is 9.80 Å². The number of carbonyl (C=O) groups excluding carboxylic acids is 1. The van der Waals surface area contributed by atoms with Gasteiger partial charge < -0.3 is 9.64 Å². The van der Waals surface area contributed by atoms with Crippen LogP contribution in [0.1, 0.15) is 23.2 Å². The van der Waals surface area contributed by atoms with E-state index in [-0.39, 0.29) is 16.5 Å². The molecular weight excluding hydrogens is 419 g/mol. The minimum absolute atomic E-state index is 0.0559. The summed E-state index contributed by atoms with van der Waals surface area (Å²) >= 11 is 0. The summed E-state index contributed by atoms with van der Waals surface area (Å²) in [5.41, 5.74) is 0.567. The summed E-state index contributed by atoms with van der Waals surface area (Å²) in [6.45, 7) is 6.03. The zero-order chi connectivity index (χ0) is 22.3. The number of ketones is 1. The number of Topliss-reactive ketones (excluding diaryl/α,β-unsaturated/α-hetero) is 1. The van der Waals surface area contributed by atoms with Gasteiger partial charge in [-0.2, -0.15) is 0 Å². The number of hydrogen-bond acceptors (Lipinski definition) is 6. The fraction of sp³-hybridized carbons (Fsp3) is 0.435. The SMILES string of the molecule is CS(=O)(=O)c1ccc(OCCN2CCN(CCCC(=O)c3ccc(F)cc3)CC2)cc1. The van der Waals surface area contributed by atoms with Crippen molar-refractivity contribution in [1.82, 2.24) is 9.80 Å². The van der Waals surface area contributed by atoms with Crippen molar-refractivity contribution < 1.29 is 22.3 Å². The number of halogens is 1. The van der Waals surface area contributed by atoms with Crippen molar-refractivity contribution in [2.75, 3.05) is 52.1 Å². The highest BCUT2D eigenvalue weighted by molar-refractivity contribution is 7.90. The lowest BCUT2D eigenvalue weighted by atomic mass is 10.1. The largest absolute Gasteiger partial charge is 0.492 e. The Morgan fingerprint density at radius 2 is 1.52 bits per heavy atom. The number of carbonyl (C=O) groups is 1. The van der Waals surface area contributed by atoms with Crippen molar-refractivity contribution in [2.45, 2.75) is 17.7 Å². The average Bonchev–Trinajstić information content (AvgIpc) is 2.75. The maximum atomic E-state index is 12.9. The van der Waals surface area contributed by atoms with Crippen LogP contribution in [-0.4, -0.2) is 76.1 Å². The first kappa shape index (κ1) is 23.4. The van der Waals surface area contributed by atoms with Gasteiger partial charge in [-0.1, -0.05) is 0 Å². The molecule has 0 bridgehead atoms. The number of rotatable bonds is 10. The van der Waals surface area contributed by atoms with Gasteiger partial charge in [0.2, 0.25) is 0 Å². The molecule has 2 aromatic rings. The second-order valence-corrected chi connectivity index (χ2v) is 9.82. The molecule has 0 amide bonds. The molecule has 168 valence electrons.